The van der Waals surface area contributed by atoms with Gasteiger partial charge in [-0.2, -0.15) is 0 Å². The summed E-state index contributed by atoms with van der Waals surface area (Å²) in [5.74, 6) is 0.0762. The van der Waals surface area contributed by atoms with E-state index in [1.807, 2.05) is 0 Å². The van der Waals surface area contributed by atoms with Gasteiger partial charge in [0.25, 0.3) is 0 Å². The Kier molecular flexibility index (Phi) is 1.72. The van der Waals surface area contributed by atoms with Crippen molar-refractivity contribution in [3.05, 3.63) is 22.5 Å². The third-order valence-electron chi connectivity index (χ3n) is 1.33. The molecule has 0 aliphatic heterocycles. The number of hydrogen-bond acceptors (Lipinski definition) is 4. The van der Waals surface area contributed by atoms with Crippen molar-refractivity contribution in [1.82, 2.24) is 4.57 Å². The molecule has 0 amide bonds. The Balaban J connectivity index is 3.30. The number of hydrogen-bond donors (Lipinski definition) is 2. The predicted octanol–water partition coefficient (Wildman–Crippen LogP) is -0.510. The van der Waals surface area contributed by atoms with E-state index in [0.29, 0.717) is 5.76 Å². The smallest absolute Gasteiger partial charge is 0.406 e. The van der Waals surface area contributed by atoms with Crippen LogP contribution in [0, 0.1) is 0 Å². The molecule has 1 aromatic heterocycles. The van der Waals surface area contributed by atoms with Crippen LogP contribution in [0.4, 0.5) is 5.82 Å². The van der Waals surface area contributed by atoms with Gasteiger partial charge in [-0.1, -0.05) is 0 Å². The van der Waals surface area contributed by atoms with Crippen LogP contribution in [-0.4, -0.2) is 4.57 Å². The maximum Gasteiger partial charge on any atom is 0.420 e. The Morgan fingerprint density at radius 1 is 1.64 bits per heavy atom. The minimum absolute atomic E-state index is 0.275. The van der Waals surface area contributed by atoms with E-state index in [4.69, 9.17) is 15.9 Å². The molecule has 0 atom stereocenters. The van der Waals surface area contributed by atoms with Crippen molar-refractivity contribution in [3.8, 4) is 0 Å². The molecule has 5 nitrogen and oxygen atoms in total. The van der Waals surface area contributed by atoms with E-state index in [9.17, 15) is 4.79 Å². The monoisotopic (exact) mass is 155 g/mol. The number of aromatic nitrogens is 1. The van der Waals surface area contributed by atoms with Gasteiger partial charge in [-0.25, -0.2) is 4.79 Å². The van der Waals surface area contributed by atoms with Gasteiger partial charge in [0.15, 0.2) is 11.6 Å². The van der Waals surface area contributed by atoms with Crippen LogP contribution >= 0.6 is 0 Å². The molecule has 0 unspecified atom stereocenters. The minimum atomic E-state index is -0.490. The molecular weight excluding hydrogens is 146 g/mol. The fourth-order valence-corrected chi connectivity index (χ4v) is 0.685. The van der Waals surface area contributed by atoms with Crippen LogP contribution in [0.1, 0.15) is 5.76 Å². The SMILES string of the molecule is Cn1c(N)c(/C=C\N)oc1=O. The van der Waals surface area contributed by atoms with Gasteiger partial charge in [0.05, 0.1) is 0 Å². The van der Waals surface area contributed by atoms with E-state index in [2.05, 4.69) is 0 Å². The van der Waals surface area contributed by atoms with E-state index >= 15 is 0 Å². The van der Waals surface area contributed by atoms with Crippen LogP contribution in [0.2, 0.25) is 0 Å². The lowest BCUT2D eigenvalue weighted by molar-refractivity contribution is 0.487. The van der Waals surface area contributed by atoms with E-state index in [-0.39, 0.29) is 5.82 Å². The quantitative estimate of drug-likeness (QED) is 0.571. The van der Waals surface area contributed by atoms with E-state index in [1.54, 1.807) is 0 Å². The van der Waals surface area contributed by atoms with Crippen molar-refractivity contribution >= 4 is 11.9 Å². The number of nitrogens with two attached hydrogens (primary N) is 2. The largest absolute Gasteiger partial charge is 0.420 e. The van der Waals surface area contributed by atoms with Crippen molar-refractivity contribution in [3.63, 3.8) is 0 Å². The molecule has 5 heteroatoms. The minimum Gasteiger partial charge on any atom is -0.406 e. The molecule has 1 heterocycles. The lowest BCUT2D eigenvalue weighted by atomic mass is 10.4. The second-order valence-corrected chi connectivity index (χ2v) is 2.04. The van der Waals surface area contributed by atoms with Crippen molar-refractivity contribution in [2.24, 2.45) is 12.8 Å². The van der Waals surface area contributed by atoms with Crippen LogP contribution in [0.5, 0.6) is 0 Å². The maximum atomic E-state index is 10.8. The molecular formula is C6H9N3O2. The molecule has 1 rings (SSSR count). The van der Waals surface area contributed by atoms with E-state index in [0.717, 1.165) is 0 Å². The molecule has 0 spiro atoms. The van der Waals surface area contributed by atoms with Gasteiger partial charge in [0.1, 0.15) is 0 Å². The van der Waals surface area contributed by atoms with Crippen LogP contribution in [0.3, 0.4) is 0 Å². The van der Waals surface area contributed by atoms with Crippen LogP contribution in [0.15, 0.2) is 15.4 Å². The number of oxazole rings is 1. The van der Waals surface area contributed by atoms with Gasteiger partial charge in [-0.05, 0) is 6.20 Å². The first-order valence-electron chi connectivity index (χ1n) is 3.00. The Labute approximate surface area is 62.9 Å². The summed E-state index contributed by atoms with van der Waals surface area (Å²) in [6.07, 6.45) is 2.69. The zero-order chi connectivity index (χ0) is 8.43. The van der Waals surface area contributed by atoms with Gasteiger partial charge in [0.2, 0.25) is 0 Å². The highest BCUT2D eigenvalue weighted by atomic mass is 16.4. The molecule has 4 N–H and O–H groups in total. The summed E-state index contributed by atoms with van der Waals surface area (Å²) in [4.78, 5) is 10.8. The molecule has 60 valence electrons. The summed E-state index contributed by atoms with van der Waals surface area (Å²) in [6.45, 7) is 0. The molecule has 0 aromatic carbocycles. The summed E-state index contributed by atoms with van der Waals surface area (Å²) in [7, 11) is 1.52. The average Bonchev–Trinajstić information content (AvgIpc) is 2.19. The second-order valence-electron chi connectivity index (χ2n) is 2.04. The third kappa shape index (κ3) is 1.12. The Morgan fingerprint density at radius 2 is 2.27 bits per heavy atom. The van der Waals surface area contributed by atoms with E-state index < -0.39 is 5.76 Å². The Hall–Kier alpha value is -1.65. The third-order valence-corrected chi connectivity index (χ3v) is 1.33. The highest BCUT2D eigenvalue weighted by Crippen LogP contribution is 2.08. The highest BCUT2D eigenvalue weighted by Gasteiger charge is 2.06. The molecule has 0 fully saturated rings. The predicted molar refractivity (Wildman–Crippen MR) is 41.6 cm³/mol. The topological polar surface area (TPSA) is 87.2 Å². The molecule has 0 saturated heterocycles. The van der Waals surface area contributed by atoms with Crippen LogP contribution < -0.4 is 17.2 Å². The summed E-state index contributed by atoms with van der Waals surface area (Å²) in [5.41, 5.74) is 10.5. The number of rotatable bonds is 1. The number of nitrogen functional groups attached to an aromatic ring is 1. The van der Waals surface area contributed by atoms with Crippen LogP contribution in [-0.2, 0) is 7.05 Å². The van der Waals surface area contributed by atoms with Crippen molar-refractivity contribution in [2.45, 2.75) is 0 Å². The molecule has 11 heavy (non-hydrogen) atoms. The summed E-state index contributed by atoms with van der Waals surface area (Å²) in [6, 6.07) is 0. The van der Waals surface area contributed by atoms with Crippen molar-refractivity contribution < 1.29 is 4.42 Å². The fraction of sp³-hybridized carbons (Fsp3) is 0.167. The maximum absolute atomic E-state index is 10.8. The Morgan fingerprint density at radius 3 is 2.64 bits per heavy atom. The first-order valence-corrected chi connectivity index (χ1v) is 3.00. The van der Waals surface area contributed by atoms with Gasteiger partial charge in [-0.15, -0.1) is 0 Å². The first-order chi connectivity index (χ1) is 5.16. The van der Waals surface area contributed by atoms with Gasteiger partial charge in [0, 0.05) is 13.1 Å². The highest BCUT2D eigenvalue weighted by molar-refractivity contribution is 5.54. The zero-order valence-corrected chi connectivity index (χ0v) is 6.07. The van der Waals surface area contributed by atoms with Gasteiger partial charge >= 0.3 is 5.76 Å². The lowest BCUT2D eigenvalue weighted by Crippen LogP contribution is -2.11. The second kappa shape index (κ2) is 2.53. The molecule has 0 radical (unpaired) electrons. The molecule has 1 aromatic rings. The summed E-state index contributed by atoms with van der Waals surface area (Å²) < 4.78 is 5.90. The molecule has 0 aliphatic rings. The lowest BCUT2D eigenvalue weighted by Gasteiger charge is -1.89. The molecule has 0 aliphatic carbocycles. The molecule has 0 saturated carbocycles. The average molecular weight is 155 g/mol. The Bertz CT molecular complexity index is 334. The van der Waals surface area contributed by atoms with E-state index in [1.165, 1.54) is 23.9 Å². The van der Waals surface area contributed by atoms with Crippen LogP contribution in [0.25, 0.3) is 6.08 Å². The first kappa shape index (κ1) is 7.46. The number of nitrogens with zero attached hydrogens (tertiary/aromatic N) is 1. The fourth-order valence-electron chi connectivity index (χ4n) is 0.685. The molecule has 0 bridgehead atoms. The zero-order valence-electron chi connectivity index (χ0n) is 6.07. The number of anilines is 1. The van der Waals surface area contributed by atoms with Crippen molar-refractivity contribution in [2.75, 3.05) is 5.73 Å². The van der Waals surface area contributed by atoms with Crippen molar-refractivity contribution in [1.29, 1.82) is 0 Å². The standard InChI is InChI=1S/C6H9N3O2/c1-9-5(8)4(2-3-7)11-6(9)10/h2-3H,7-8H2,1H3/b3-2-. The summed E-state index contributed by atoms with van der Waals surface area (Å²) >= 11 is 0. The normalized spacial score (nSPS) is 11.0. The summed E-state index contributed by atoms with van der Waals surface area (Å²) in [5, 5.41) is 0. The van der Waals surface area contributed by atoms with Gasteiger partial charge in [-0.3, -0.25) is 4.57 Å². The van der Waals surface area contributed by atoms with Gasteiger partial charge < -0.3 is 15.9 Å².